The van der Waals surface area contributed by atoms with E-state index in [0.717, 1.165) is 6.07 Å². The van der Waals surface area contributed by atoms with E-state index < -0.39 is 28.4 Å². The second-order valence-corrected chi connectivity index (χ2v) is 5.32. The number of nitro groups is 1. The fourth-order valence-electron chi connectivity index (χ4n) is 2.40. The summed E-state index contributed by atoms with van der Waals surface area (Å²) in [6.07, 6.45) is 0. The van der Waals surface area contributed by atoms with Gasteiger partial charge in [-0.3, -0.25) is 10.1 Å². The van der Waals surface area contributed by atoms with E-state index in [-0.39, 0.29) is 16.4 Å². The number of phenolic OH excluding ortho intramolecular Hbond substituents is 1. The van der Waals surface area contributed by atoms with Crippen molar-refractivity contribution in [1.29, 1.82) is 0 Å². The number of thiocarbonyl (C=S) groups is 1. The Bertz CT molecular complexity index is 761. The molecule has 9 nitrogen and oxygen atoms in total. The van der Waals surface area contributed by atoms with Gasteiger partial charge in [-0.15, -0.1) is 0 Å². The molecule has 3 N–H and O–H groups in total. The van der Waals surface area contributed by atoms with Crippen molar-refractivity contribution in [2.45, 2.75) is 13.0 Å². The summed E-state index contributed by atoms with van der Waals surface area (Å²) in [5.74, 6) is -1.30. The number of benzene rings is 1. The molecule has 0 spiro atoms. The molecule has 0 fully saturated rings. The first-order chi connectivity index (χ1) is 11.3. The van der Waals surface area contributed by atoms with Crippen molar-refractivity contribution in [2.75, 3.05) is 14.2 Å². The van der Waals surface area contributed by atoms with Gasteiger partial charge in [-0.1, -0.05) is 0 Å². The van der Waals surface area contributed by atoms with Crippen LogP contribution in [0.25, 0.3) is 0 Å². The van der Waals surface area contributed by atoms with E-state index in [1.807, 2.05) is 0 Å². The maximum absolute atomic E-state index is 12.1. The number of phenols is 1. The van der Waals surface area contributed by atoms with Crippen molar-refractivity contribution < 1.29 is 24.3 Å². The van der Waals surface area contributed by atoms with Crippen LogP contribution in [-0.2, 0) is 9.53 Å². The fraction of sp³-hybridized carbons (Fsp3) is 0.286. The minimum Gasteiger partial charge on any atom is -0.500 e. The molecule has 0 aliphatic carbocycles. The first-order valence-corrected chi connectivity index (χ1v) is 7.12. The van der Waals surface area contributed by atoms with Crippen molar-refractivity contribution in [1.82, 2.24) is 10.6 Å². The Kier molecular flexibility index (Phi) is 4.88. The number of hydrogen-bond acceptors (Lipinski definition) is 7. The molecule has 0 radical (unpaired) electrons. The smallest absolute Gasteiger partial charge is 0.337 e. The molecule has 1 aliphatic rings. The van der Waals surface area contributed by atoms with Gasteiger partial charge in [0.25, 0.3) is 0 Å². The van der Waals surface area contributed by atoms with Gasteiger partial charge in [0.15, 0.2) is 10.9 Å². The Morgan fingerprint density at radius 2 is 2.08 bits per heavy atom. The standard InChI is InChI=1S/C14H15N3O6S/c1-6-10(13(19)23-3)11(16-14(24)15-6)7-4-8(17(20)21)12(18)9(5-7)22-2/h4-5,11,18H,1-3H3,(H2,15,16,24)/t11-/m1/s1. The zero-order valence-electron chi connectivity index (χ0n) is 13.1. The maximum atomic E-state index is 12.1. The summed E-state index contributed by atoms with van der Waals surface area (Å²) < 4.78 is 9.75. The number of ether oxygens (including phenoxy) is 2. The van der Waals surface area contributed by atoms with Crippen LogP contribution in [0.2, 0.25) is 0 Å². The summed E-state index contributed by atoms with van der Waals surface area (Å²) in [6, 6.07) is 1.75. The molecule has 0 unspecified atom stereocenters. The molecule has 1 heterocycles. The number of nitrogens with zero attached hydrogens (tertiary/aromatic N) is 1. The first-order valence-electron chi connectivity index (χ1n) is 6.72. The van der Waals surface area contributed by atoms with Crippen molar-refractivity contribution in [3.8, 4) is 11.5 Å². The van der Waals surface area contributed by atoms with Crippen LogP contribution in [-0.4, -0.2) is 35.3 Å². The normalized spacial score (nSPS) is 17.0. The molecule has 0 amide bonds. The number of carbonyl (C=O) groups is 1. The Balaban J connectivity index is 2.66. The monoisotopic (exact) mass is 353 g/mol. The number of nitrogens with one attached hydrogen (secondary N) is 2. The highest BCUT2D eigenvalue weighted by Crippen LogP contribution is 2.40. The summed E-state index contributed by atoms with van der Waals surface area (Å²) in [6.45, 7) is 1.64. The van der Waals surface area contributed by atoms with Gasteiger partial charge in [0, 0.05) is 11.8 Å². The number of aromatic hydroxyl groups is 1. The minimum atomic E-state index is -0.792. The lowest BCUT2D eigenvalue weighted by atomic mass is 9.95. The number of esters is 1. The van der Waals surface area contributed by atoms with Gasteiger partial charge in [-0.25, -0.2) is 4.79 Å². The van der Waals surface area contributed by atoms with Crippen LogP contribution in [0.3, 0.4) is 0 Å². The van der Waals surface area contributed by atoms with Gasteiger partial charge < -0.3 is 25.2 Å². The Hall–Kier alpha value is -2.88. The summed E-state index contributed by atoms with van der Waals surface area (Å²) in [4.78, 5) is 22.5. The largest absolute Gasteiger partial charge is 0.500 e. The molecule has 10 heteroatoms. The van der Waals surface area contributed by atoms with E-state index in [2.05, 4.69) is 10.6 Å². The fourth-order valence-corrected chi connectivity index (χ4v) is 2.67. The quantitative estimate of drug-likeness (QED) is 0.318. The number of rotatable bonds is 4. The molecule has 0 saturated carbocycles. The van der Waals surface area contributed by atoms with Crippen molar-refractivity contribution in [2.24, 2.45) is 0 Å². The molecule has 1 aliphatic heterocycles. The zero-order valence-corrected chi connectivity index (χ0v) is 13.9. The lowest BCUT2D eigenvalue weighted by Crippen LogP contribution is -2.45. The molecular weight excluding hydrogens is 338 g/mol. The summed E-state index contributed by atoms with van der Waals surface area (Å²) >= 11 is 5.08. The maximum Gasteiger partial charge on any atom is 0.337 e. The van der Waals surface area contributed by atoms with Gasteiger partial charge in [0.1, 0.15) is 0 Å². The third kappa shape index (κ3) is 3.08. The lowest BCUT2D eigenvalue weighted by molar-refractivity contribution is -0.386. The van der Waals surface area contributed by atoms with E-state index in [4.69, 9.17) is 21.7 Å². The van der Waals surface area contributed by atoms with Crippen LogP contribution in [0.1, 0.15) is 18.5 Å². The van der Waals surface area contributed by atoms with Gasteiger partial charge >= 0.3 is 11.7 Å². The first kappa shape index (κ1) is 17.5. The van der Waals surface area contributed by atoms with Crippen molar-refractivity contribution in [3.63, 3.8) is 0 Å². The van der Waals surface area contributed by atoms with Crippen LogP contribution >= 0.6 is 12.2 Å². The zero-order chi connectivity index (χ0) is 18.0. The molecule has 0 aromatic heterocycles. The number of allylic oxidation sites excluding steroid dienone is 1. The van der Waals surface area contributed by atoms with Crippen LogP contribution in [0, 0.1) is 10.1 Å². The Labute approximate surface area is 142 Å². The van der Waals surface area contributed by atoms with E-state index in [0.29, 0.717) is 11.3 Å². The highest BCUT2D eigenvalue weighted by atomic mass is 32.1. The van der Waals surface area contributed by atoms with Crippen LogP contribution in [0.5, 0.6) is 11.5 Å². The average Bonchev–Trinajstić information content (AvgIpc) is 2.53. The van der Waals surface area contributed by atoms with Gasteiger partial charge in [-0.2, -0.15) is 0 Å². The molecule has 24 heavy (non-hydrogen) atoms. The second-order valence-electron chi connectivity index (χ2n) is 4.91. The Morgan fingerprint density at radius 1 is 1.42 bits per heavy atom. The van der Waals surface area contributed by atoms with Crippen molar-refractivity contribution in [3.05, 3.63) is 39.1 Å². The van der Waals surface area contributed by atoms with Crippen molar-refractivity contribution >= 4 is 29.0 Å². The second kappa shape index (κ2) is 6.71. The summed E-state index contributed by atoms with van der Waals surface area (Å²) in [7, 11) is 2.50. The van der Waals surface area contributed by atoms with Crippen LogP contribution < -0.4 is 15.4 Å². The average molecular weight is 353 g/mol. The Morgan fingerprint density at radius 3 is 2.62 bits per heavy atom. The highest BCUT2D eigenvalue weighted by Gasteiger charge is 2.33. The highest BCUT2D eigenvalue weighted by molar-refractivity contribution is 7.80. The molecule has 1 atom stereocenters. The number of nitro benzene ring substituents is 1. The molecule has 128 valence electrons. The predicted octanol–water partition coefficient (Wildman–Crippen LogP) is 1.27. The van der Waals surface area contributed by atoms with E-state index in [9.17, 15) is 20.0 Å². The number of carbonyl (C=O) groups excluding carboxylic acids is 1. The molecule has 1 aromatic rings. The van der Waals surface area contributed by atoms with Gasteiger partial charge in [0.05, 0.1) is 30.8 Å². The third-order valence-electron chi connectivity index (χ3n) is 3.50. The molecular formula is C14H15N3O6S. The topological polar surface area (TPSA) is 123 Å². The van der Waals surface area contributed by atoms with E-state index in [1.54, 1.807) is 6.92 Å². The number of hydrogen-bond donors (Lipinski definition) is 3. The summed E-state index contributed by atoms with van der Waals surface area (Å²) in [5.41, 5.74) is 0.454. The number of methoxy groups -OCH3 is 2. The minimum absolute atomic E-state index is 0.0904. The third-order valence-corrected chi connectivity index (χ3v) is 3.72. The van der Waals surface area contributed by atoms with E-state index in [1.165, 1.54) is 20.3 Å². The van der Waals surface area contributed by atoms with Crippen LogP contribution in [0.4, 0.5) is 5.69 Å². The van der Waals surface area contributed by atoms with E-state index >= 15 is 0 Å². The predicted molar refractivity (Wildman–Crippen MR) is 87.6 cm³/mol. The van der Waals surface area contributed by atoms with Gasteiger partial charge in [-0.05, 0) is 30.8 Å². The lowest BCUT2D eigenvalue weighted by Gasteiger charge is -2.29. The molecule has 1 aromatic carbocycles. The summed E-state index contributed by atoms with van der Waals surface area (Å²) in [5, 5.41) is 27.0. The van der Waals surface area contributed by atoms with Gasteiger partial charge in [0.2, 0.25) is 5.75 Å². The molecule has 0 bridgehead atoms. The SMILES string of the molecule is COC(=O)C1=C(C)NC(=S)N[C@@H]1c1cc(OC)c(O)c([N+](=O)[O-])c1. The molecule has 2 rings (SSSR count). The van der Waals surface area contributed by atoms with Crippen LogP contribution in [0.15, 0.2) is 23.4 Å². The molecule has 0 saturated heterocycles.